The molecular weight excluding hydrogens is 390 g/mol. The lowest BCUT2D eigenvalue weighted by Gasteiger charge is -2.16. The number of nitrogens with one attached hydrogen (secondary N) is 1. The van der Waals surface area contributed by atoms with E-state index in [-0.39, 0.29) is 30.6 Å². The number of benzene rings is 2. The van der Waals surface area contributed by atoms with Crippen molar-refractivity contribution in [2.75, 3.05) is 33.1 Å². The van der Waals surface area contributed by atoms with Crippen LogP contribution in [0.1, 0.15) is 10.4 Å². The monoisotopic (exact) mass is 413 g/mol. The van der Waals surface area contributed by atoms with Gasteiger partial charge in [-0.2, -0.15) is 5.10 Å². The summed E-state index contributed by atoms with van der Waals surface area (Å²) in [6, 6.07) is 14.6. The zero-order chi connectivity index (χ0) is 21.5. The molecule has 0 unspecified atom stereocenters. The zero-order valence-corrected chi connectivity index (χ0v) is 16.9. The molecule has 0 amide bonds. The molecule has 1 aromatic heterocycles. The van der Waals surface area contributed by atoms with Crippen LogP contribution in [0.3, 0.4) is 0 Å². The van der Waals surface area contributed by atoms with E-state index in [9.17, 15) is 9.90 Å². The first-order valence-corrected chi connectivity index (χ1v) is 9.04. The molecule has 0 radical (unpaired) electrons. The van der Waals surface area contributed by atoms with Gasteiger partial charge in [-0.25, -0.2) is 4.79 Å². The quantitative estimate of drug-likeness (QED) is 0.487. The number of hydrogen-bond acceptors (Lipinski definition) is 7. The molecule has 0 fully saturated rings. The molecule has 0 atom stereocenters. The van der Waals surface area contributed by atoms with Crippen molar-refractivity contribution in [3.05, 3.63) is 54.1 Å². The summed E-state index contributed by atoms with van der Waals surface area (Å²) in [6.45, 7) is -0.114. The minimum Gasteiger partial charge on any atom is -0.477 e. The Morgan fingerprint density at radius 1 is 1.07 bits per heavy atom. The van der Waals surface area contributed by atoms with Crippen LogP contribution in [0.2, 0.25) is 0 Å². The number of methoxy groups -OCH3 is 2. The molecular formula is C21H23N3O6. The lowest BCUT2D eigenvalue weighted by atomic mass is 10.1. The highest BCUT2D eigenvalue weighted by molar-refractivity contribution is 5.98. The fourth-order valence-electron chi connectivity index (χ4n) is 2.83. The molecule has 0 aliphatic rings. The normalized spacial score (nSPS) is 10.6. The van der Waals surface area contributed by atoms with Gasteiger partial charge in [-0.1, -0.05) is 30.3 Å². The van der Waals surface area contributed by atoms with Gasteiger partial charge in [0.05, 0.1) is 11.4 Å². The molecule has 0 bridgehead atoms. The van der Waals surface area contributed by atoms with Crippen LogP contribution < -0.4 is 14.8 Å². The average molecular weight is 413 g/mol. The van der Waals surface area contributed by atoms with Crippen LogP contribution >= 0.6 is 0 Å². The van der Waals surface area contributed by atoms with Gasteiger partial charge in [0.15, 0.2) is 13.6 Å². The molecule has 0 spiro atoms. The van der Waals surface area contributed by atoms with Gasteiger partial charge in [0.1, 0.15) is 22.9 Å². The molecule has 3 aromatic rings. The number of aromatic nitrogens is 2. The van der Waals surface area contributed by atoms with E-state index in [1.807, 2.05) is 36.4 Å². The number of carbonyl (C=O) groups is 1. The van der Waals surface area contributed by atoms with Gasteiger partial charge in [-0.15, -0.1) is 0 Å². The molecule has 158 valence electrons. The summed E-state index contributed by atoms with van der Waals surface area (Å²) < 4.78 is 22.4. The third-order valence-electron chi connectivity index (χ3n) is 4.18. The average Bonchev–Trinajstić information content (AvgIpc) is 3.11. The molecule has 1 heterocycles. The molecule has 30 heavy (non-hydrogen) atoms. The first-order valence-electron chi connectivity index (χ1n) is 9.04. The molecule has 2 N–H and O–H groups in total. The standard InChI is InChI=1S/C21H23N3O6/c1-24-19(11-16(23-24)14-7-5-4-6-8-14)22-17-9-15(29-12-27-2)10-18(30-13-28-3)20(17)21(25)26/h4-11,22H,12-13H2,1-3H3,(H,25,26). The maximum absolute atomic E-state index is 12.0. The topological polar surface area (TPSA) is 104 Å². The van der Waals surface area contributed by atoms with E-state index >= 15 is 0 Å². The third-order valence-corrected chi connectivity index (χ3v) is 4.18. The Morgan fingerprint density at radius 2 is 1.77 bits per heavy atom. The number of nitrogens with zero attached hydrogens (tertiary/aromatic N) is 2. The van der Waals surface area contributed by atoms with Gasteiger partial charge in [-0.05, 0) is 0 Å². The highest BCUT2D eigenvalue weighted by Crippen LogP contribution is 2.35. The number of aromatic carboxylic acids is 1. The van der Waals surface area contributed by atoms with Crippen molar-refractivity contribution in [3.8, 4) is 22.8 Å². The van der Waals surface area contributed by atoms with Crippen LogP contribution in [0.25, 0.3) is 11.3 Å². The summed E-state index contributed by atoms with van der Waals surface area (Å²) in [5.74, 6) is -0.0860. The summed E-state index contributed by atoms with van der Waals surface area (Å²) in [4.78, 5) is 12.0. The molecule has 2 aromatic carbocycles. The Balaban J connectivity index is 2.01. The first kappa shape index (κ1) is 21.2. The third kappa shape index (κ3) is 4.88. The molecule has 0 saturated heterocycles. The lowest BCUT2D eigenvalue weighted by molar-refractivity contribution is 0.0447. The molecule has 9 nitrogen and oxygen atoms in total. The molecule has 0 saturated carbocycles. The highest BCUT2D eigenvalue weighted by Gasteiger charge is 2.21. The van der Waals surface area contributed by atoms with E-state index in [1.165, 1.54) is 20.3 Å². The second-order valence-electron chi connectivity index (χ2n) is 6.28. The van der Waals surface area contributed by atoms with Crippen LogP contribution in [-0.4, -0.2) is 48.7 Å². The number of rotatable bonds is 10. The van der Waals surface area contributed by atoms with E-state index in [0.29, 0.717) is 11.6 Å². The molecule has 9 heteroatoms. The van der Waals surface area contributed by atoms with Crippen LogP contribution in [0, 0.1) is 0 Å². The minimum absolute atomic E-state index is 0.000554. The number of carboxylic acids is 1. The zero-order valence-electron chi connectivity index (χ0n) is 16.9. The maximum Gasteiger partial charge on any atom is 0.341 e. The Labute approximate surface area is 173 Å². The Kier molecular flexibility index (Phi) is 6.89. The van der Waals surface area contributed by atoms with Crippen LogP contribution in [0.15, 0.2) is 48.5 Å². The van der Waals surface area contributed by atoms with Crippen molar-refractivity contribution >= 4 is 17.5 Å². The molecule has 3 rings (SSSR count). The Bertz CT molecular complexity index is 1000. The number of carboxylic acid groups (broad SMARTS) is 1. The number of ether oxygens (including phenoxy) is 4. The van der Waals surface area contributed by atoms with Crippen molar-refractivity contribution in [1.29, 1.82) is 0 Å². The van der Waals surface area contributed by atoms with E-state index in [2.05, 4.69) is 10.4 Å². The summed E-state index contributed by atoms with van der Waals surface area (Å²) in [5, 5.41) is 17.4. The largest absolute Gasteiger partial charge is 0.477 e. The van der Waals surface area contributed by atoms with Gasteiger partial charge in [0.25, 0.3) is 0 Å². The van der Waals surface area contributed by atoms with Gasteiger partial charge in [0.2, 0.25) is 0 Å². The van der Waals surface area contributed by atoms with Crippen molar-refractivity contribution in [1.82, 2.24) is 9.78 Å². The first-order chi connectivity index (χ1) is 14.5. The predicted molar refractivity (Wildman–Crippen MR) is 110 cm³/mol. The fourth-order valence-corrected chi connectivity index (χ4v) is 2.83. The van der Waals surface area contributed by atoms with Crippen LogP contribution in [0.4, 0.5) is 11.5 Å². The smallest absolute Gasteiger partial charge is 0.341 e. The second-order valence-corrected chi connectivity index (χ2v) is 6.28. The fraction of sp³-hybridized carbons (Fsp3) is 0.238. The number of aryl methyl sites for hydroxylation is 1. The molecule has 0 aliphatic carbocycles. The second kappa shape index (κ2) is 9.77. The van der Waals surface area contributed by atoms with E-state index in [4.69, 9.17) is 18.9 Å². The molecule has 0 aliphatic heterocycles. The SMILES string of the molecule is COCOc1cc(Nc2cc(-c3ccccc3)nn2C)c(C(=O)O)c(OCOC)c1. The summed E-state index contributed by atoms with van der Waals surface area (Å²) in [7, 11) is 4.71. The van der Waals surface area contributed by atoms with Crippen LogP contribution in [0.5, 0.6) is 11.5 Å². The Hall–Kier alpha value is -3.56. The summed E-state index contributed by atoms with van der Waals surface area (Å²) in [6.07, 6.45) is 0. The van der Waals surface area contributed by atoms with Crippen molar-refractivity contribution in [2.24, 2.45) is 7.05 Å². The van der Waals surface area contributed by atoms with Crippen molar-refractivity contribution in [3.63, 3.8) is 0 Å². The minimum atomic E-state index is -1.16. The van der Waals surface area contributed by atoms with Gasteiger partial charge in [0, 0.05) is 45.0 Å². The summed E-state index contributed by atoms with van der Waals surface area (Å²) in [5.41, 5.74) is 1.92. The predicted octanol–water partition coefficient (Wildman–Crippen LogP) is 3.49. The maximum atomic E-state index is 12.0. The number of anilines is 2. The van der Waals surface area contributed by atoms with E-state index in [1.54, 1.807) is 17.8 Å². The van der Waals surface area contributed by atoms with Crippen LogP contribution in [-0.2, 0) is 16.5 Å². The number of hydrogen-bond donors (Lipinski definition) is 2. The van der Waals surface area contributed by atoms with Crippen molar-refractivity contribution in [2.45, 2.75) is 0 Å². The van der Waals surface area contributed by atoms with Gasteiger partial charge >= 0.3 is 5.97 Å². The van der Waals surface area contributed by atoms with Gasteiger partial charge in [-0.3, -0.25) is 4.68 Å². The van der Waals surface area contributed by atoms with E-state index < -0.39 is 5.97 Å². The summed E-state index contributed by atoms with van der Waals surface area (Å²) >= 11 is 0. The highest BCUT2D eigenvalue weighted by atomic mass is 16.7. The van der Waals surface area contributed by atoms with E-state index in [0.717, 1.165) is 11.3 Å². The van der Waals surface area contributed by atoms with Crippen molar-refractivity contribution < 1.29 is 28.8 Å². The lowest BCUT2D eigenvalue weighted by Crippen LogP contribution is -2.11. The Morgan fingerprint density at radius 3 is 2.43 bits per heavy atom. The van der Waals surface area contributed by atoms with Gasteiger partial charge < -0.3 is 29.4 Å².